The van der Waals surface area contributed by atoms with Gasteiger partial charge in [0.1, 0.15) is 0 Å². The van der Waals surface area contributed by atoms with E-state index in [1.165, 1.54) is 11.1 Å². The van der Waals surface area contributed by atoms with E-state index in [4.69, 9.17) is 5.11 Å². The average molecular weight is 207 g/mol. The van der Waals surface area contributed by atoms with Gasteiger partial charge in [0, 0.05) is 19.2 Å². The number of aliphatic hydroxyl groups excluding tert-OH is 1. The third-order valence-electron chi connectivity index (χ3n) is 2.65. The van der Waals surface area contributed by atoms with Crippen LogP contribution in [-0.2, 0) is 6.54 Å². The highest BCUT2D eigenvalue weighted by atomic mass is 16.3. The lowest BCUT2D eigenvalue weighted by Gasteiger charge is -2.15. The van der Waals surface area contributed by atoms with E-state index < -0.39 is 0 Å². The molecule has 0 fully saturated rings. The second kappa shape index (κ2) is 6.59. The number of nitrogens with one attached hydrogen (secondary N) is 1. The Balaban J connectivity index is 2.41. The minimum atomic E-state index is 0.263. The molecule has 0 aliphatic heterocycles. The molecule has 0 aliphatic carbocycles. The van der Waals surface area contributed by atoms with Crippen LogP contribution in [0.15, 0.2) is 24.3 Å². The summed E-state index contributed by atoms with van der Waals surface area (Å²) in [5.74, 6) is 0. The van der Waals surface area contributed by atoms with Gasteiger partial charge in [0.25, 0.3) is 0 Å². The highest BCUT2D eigenvalue weighted by Crippen LogP contribution is 2.05. The van der Waals surface area contributed by atoms with Crippen molar-refractivity contribution in [2.24, 2.45) is 0 Å². The van der Waals surface area contributed by atoms with Crippen LogP contribution in [0.25, 0.3) is 0 Å². The maximum absolute atomic E-state index is 8.87. The van der Waals surface area contributed by atoms with Crippen LogP contribution in [0.3, 0.4) is 0 Å². The number of hydrogen-bond donors (Lipinski definition) is 2. The fourth-order valence-corrected chi connectivity index (χ4v) is 1.69. The number of aliphatic hydroxyl groups is 1. The lowest BCUT2D eigenvalue weighted by Crippen LogP contribution is -2.28. The summed E-state index contributed by atoms with van der Waals surface area (Å²) in [6.45, 7) is 5.40. The first-order valence-corrected chi connectivity index (χ1v) is 5.66. The van der Waals surface area contributed by atoms with E-state index in [9.17, 15) is 0 Å². The summed E-state index contributed by atoms with van der Waals surface area (Å²) in [5.41, 5.74) is 2.61. The molecular formula is C13H21NO. The summed E-state index contributed by atoms with van der Waals surface area (Å²) in [4.78, 5) is 0. The Bertz CT molecular complexity index is 286. The predicted octanol–water partition coefficient (Wildman–Crippen LogP) is 2.25. The van der Waals surface area contributed by atoms with Gasteiger partial charge in [-0.25, -0.2) is 0 Å². The van der Waals surface area contributed by atoms with E-state index in [0.717, 1.165) is 19.4 Å². The Morgan fingerprint density at radius 1 is 1.40 bits per heavy atom. The van der Waals surface area contributed by atoms with E-state index >= 15 is 0 Å². The molecule has 2 nitrogen and oxygen atoms in total. The van der Waals surface area contributed by atoms with Gasteiger partial charge in [-0.05, 0) is 25.3 Å². The van der Waals surface area contributed by atoms with Crippen molar-refractivity contribution in [2.45, 2.75) is 39.3 Å². The van der Waals surface area contributed by atoms with E-state index in [2.05, 4.69) is 43.4 Å². The molecule has 0 saturated heterocycles. The van der Waals surface area contributed by atoms with E-state index in [0.29, 0.717) is 6.04 Å². The maximum Gasteiger partial charge on any atom is 0.0445 e. The molecule has 0 bridgehead atoms. The third-order valence-corrected chi connectivity index (χ3v) is 2.65. The zero-order valence-corrected chi connectivity index (χ0v) is 9.66. The van der Waals surface area contributed by atoms with Gasteiger partial charge < -0.3 is 10.4 Å². The van der Waals surface area contributed by atoms with Crippen molar-refractivity contribution >= 4 is 0 Å². The molecule has 0 aromatic heterocycles. The quantitative estimate of drug-likeness (QED) is 0.750. The molecule has 0 aliphatic rings. The lowest BCUT2D eigenvalue weighted by atomic mass is 10.1. The van der Waals surface area contributed by atoms with Crippen molar-refractivity contribution < 1.29 is 5.11 Å². The summed E-state index contributed by atoms with van der Waals surface area (Å²) in [5, 5.41) is 12.3. The molecule has 1 rings (SSSR count). The van der Waals surface area contributed by atoms with Crippen molar-refractivity contribution in [3.63, 3.8) is 0 Å². The molecule has 2 heteroatoms. The highest BCUT2D eigenvalue weighted by Gasteiger charge is 2.04. The Morgan fingerprint density at radius 3 is 2.80 bits per heavy atom. The van der Waals surface area contributed by atoms with Crippen LogP contribution in [0.1, 0.15) is 30.9 Å². The van der Waals surface area contributed by atoms with E-state index in [1.54, 1.807) is 0 Å². The van der Waals surface area contributed by atoms with Gasteiger partial charge in [-0.1, -0.05) is 36.8 Å². The molecule has 1 atom stereocenters. The van der Waals surface area contributed by atoms with Gasteiger partial charge in [0.2, 0.25) is 0 Å². The fraction of sp³-hybridized carbons (Fsp3) is 0.538. The molecule has 0 saturated carbocycles. The Labute approximate surface area is 92.3 Å². The highest BCUT2D eigenvalue weighted by molar-refractivity contribution is 5.21. The zero-order valence-electron chi connectivity index (χ0n) is 9.66. The van der Waals surface area contributed by atoms with Crippen molar-refractivity contribution in [2.75, 3.05) is 6.61 Å². The van der Waals surface area contributed by atoms with Crippen molar-refractivity contribution in [3.8, 4) is 0 Å². The second-order valence-electron chi connectivity index (χ2n) is 3.99. The van der Waals surface area contributed by atoms with Crippen molar-refractivity contribution in [1.29, 1.82) is 0 Å². The van der Waals surface area contributed by atoms with Gasteiger partial charge in [-0.2, -0.15) is 0 Å². The first-order valence-electron chi connectivity index (χ1n) is 5.66. The van der Waals surface area contributed by atoms with Gasteiger partial charge in [0.05, 0.1) is 0 Å². The SMILES string of the molecule is CCC(CCO)NCc1cccc(C)c1. The molecule has 15 heavy (non-hydrogen) atoms. The summed E-state index contributed by atoms with van der Waals surface area (Å²) in [6.07, 6.45) is 1.90. The molecule has 0 amide bonds. The molecule has 0 radical (unpaired) electrons. The molecule has 2 N–H and O–H groups in total. The molecule has 84 valence electrons. The Kier molecular flexibility index (Phi) is 5.37. The summed E-state index contributed by atoms with van der Waals surface area (Å²) >= 11 is 0. The lowest BCUT2D eigenvalue weighted by molar-refractivity contribution is 0.262. The van der Waals surface area contributed by atoms with Crippen LogP contribution >= 0.6 is 0 Å². The van der Waals surface area contributed by atoms with Crippen LogP contribution in [-0.4, -0.2) is 17.8 Å². The van der Waals surface area contributed by atoms with Gasteiger partial charge in [-0.3, -0.25) is 0 Å². The summed E-state index contributed by atoms with van der Waals surface area (Å²) in [7, 11) is 0. The monoisotopic (exact) mass is 207 g/mol. The van der Waals surface area contributed by atoms with Crippen LogP contribution in [0, 0.1) is 6.92 Å². The predicted molar refractivity (Wildman–Crippen MR) is 63.8 cm³/mol. The maximum atomic E-state index is 8.87. The van der Waals surface area contributed by atoms with E-state index in [1.807, 2.05) is 0 Å². The summed E-state index contributed by atoms with van der Waals surface area (Å²) in [6, 6.07) is 8.94. The van der Waals surface area contributed by atoms with Crippen molar-refractivity contribution in [3.05, 3.63) is 35.4 Å². The van der Waals surface area contributed by atoms with Crippen LogP contribution < -0.4 is 5.32 Å². The minimum Gasteiger partial charge on any atom is -0.396 e. The molecule has 1 aromatic rings. The normalized spacial score (nSPS) is 12.7. The van der Waals surface area contributed by atoms with Gasteiger partial charge in [-0.15, -0.1) is 0 Å². The first kappa shape index (κ1) is 12.2. The smallest absolute Gasteiger partial charge is 0.0445 e. The van der Waals surface area contributed by atoms with Gasteiger partial charge in [0.15, 0.2) is 0 Å². The number of benzene rings is 1. The minimum absolute atomic E-state index is 0.263. The number of rotatable bonds is 6. The molecule has 0 spiro atoms. The Hall–Kier alpha value is -0.860. The van der Waals surface area contributed by atoms with Crippen molar-refractivity contribution in [1.82, 2.24) is 5.32 Å². The standard InChI is InChI=1S/C13H21NO/c1-3-13(7-8-15)14-10-12-6-4-5-11(2)9-12/h4-6,9,13-15H,3,7-8,10H2,1-2H3. The first-order chi connectivity index (χ1) is 7.26. The van der Waals surface area contributed by atoms with Gasteiger partial charge >= 0.3 is 0 Å². The molecule has 1 unspecified atom stereocenters. The molecule has 0 heterocycles. The fourth-order valence-electron chi connectivity index (χ4n) is 1.69. The van der Waals surface area contributed by atoms with Crippen LogP contribution in [0.2, 0.25) is 0 Å². The zero-order chi connectivity index (χ0) is 11.1. The number of aryl methyl sites for hydroxylation is 1. The summed E-state index contributed by atoms with van der Waals surface area (Å²) < 4.78 is 0. The van der Waals surface area contributed by atoms with Crippen LogP contribution in [0.5, 0.6) is 0 Å². The van der Waals surface area contributed by atoms with E-state index in [-0.39, 0.29) is 6.61 Å². The molecular weight excluding hydrogens is 186 g/mol. The number of hydrogen-bond acceptors (Lipinski definition) is 2. The average Bonchev–Trinajstić information content (AvgIpc) is 2.24. The topological polar surface area (TPSA) is 32.3 Å². The Morgan fingerprint density at radius 2 is 2.20 bits per heavy atom. The van der Waals surface area contributed by atoms with Crippen LogP contribution in [0.4, 0.5) is 0 Å². The third kappa shape index (κ3) is 4.45. The second-order valence-corrected chi connectivity index (χ2v) is 3.99. The largest absolute Gasteiger partial charge is 0.396 e. The molecule has 1 aromatic carbocycles.